The Hall–Kier alpha value is -2.09. The third kappa shape index (κ3) is 2.43. The number of hydrogen-bond donors (Lipinski definition) is 1. The molecule has 0 aliphatic carbocycles. The molecule has 0 fully saturated rings. The van der Waals surface area contributed by atoms with Crippen molar-refractivity contribution in [2.45, 2.75) is 26.4 Å². The van der Waals surface area contributed by atoms with E-state index in [0.29, 0.717) is 22.7 Å². The van der Waals surface area contributed by atoms with Crippen molar-refractivity contribution in [3.63, 3.8) is 0 Å². The molecule has 4 nitrogen and oxygen atoms in total. The topological polar surface area (TPSA) is 55.1 Å². The average Bonchev–Trinajstić information content (AvgIpc) is 2.82. The van der Waals surface area contributed by atoms with E-state index in [1.807, 2.05) is 23.6 Å². The predicted octanol–water partition coefficient (Wildman–Crippen LogP) is 2.63. The lowest BCUT2D eigenvalue weighted by molar-refractivity contribution is 0.0931. The minimum Gasteiger partial charge on any atom is -0.381 e. The highest BCUT2D eigenvalue weighted by molar-refractivity contribution is 6.34. The zero-order valence-electron chi connectivity index (χ0n) is 12.3. The fourth-order valence-corrected chi connectivity index (χ4v) is 2.90. The predicted molar refractivity (Wildman–Crippen MR) is 84.3 cm³/mol. The number of imidazole rings is 1. The molecule has 112 valence electrons. The van der Waals surface area contributed by atoms with E-state index >= 15 is 0 Å². The molecule has 0 radical (unpaired) electrons. The summed E-state index contributed by atoms with van der Waals surface area (Å²) in [6, 6.07) is 5.39. The summed E-state index contributed by atoms with van der Waals surface area (Å²) in [4.78, 5) is 16.9. The second-order valence-corrected chi connectivity index (χ2v) is 5.87. The van der Waals surface area contributed by atoms with Crippen LogP contribution in [0.25, 0.3) is 5.69 Å². The SMILES string of the molecule is CC(O)C#Cc1ncn2c1CC(C)C(=O)c1c(Cl)cccc1-2. The number of aromatic nitrogens is 2. The van der Waals surface area contributed by atoms with Gasteiger partial charge in [-0.3, -0.25) is 4.79 Å². The van der Waals surface area contributed by atoms with Crippen molar-refractivity contribution >= 4 is 17.4 Å². The first-order valence-electron chi connectivity index (χ1n) is 7.08. The highest BCUT2D eigenvalue weighted by Crippen LogP contribution is 2.32. The number of hydrogen-bond acceptors (Lipinski definition) is 3. The van der Waals surface area contributed by atoms with E-state index in [0.717, 1.165) is 11.4 Å². The number of rotatable bonds is 0. The molecule has 2 aromatic rings. The van der Waals surface area contributed by atoms with Crippen LogP contribution < -0.4 is 0 Å². The van der Waals surface area contributed by atoms with Crippen molar-refractivity contribution in [1.82, 2.24) is 9.55 Å². The molecule has 0 bridgehead atoms. The van der Waals surface area contributed by atoms with Crippen LogP contribution in [0.4, 0.5) is 0 Å². The van der Waals surface area contributed by atoms with Gasteiger partial charge in [0.15, 0.2) is 5.78 Å². The lowest BCUT2D eigenvalue weighted by Gasteiger charge is -2.09. The minimum atomic E-state index is -0.719. The summed E-state index contributed by atoms with van der Waals surface area (Å²) in [5.74, 6) is 5.40. The van der Waals surface area contributed by atoms with Gasteiger partial charge in [-0.05, 0) is 25.0 Å². The fourth-order valence-electron chi connectivity index (χ4n) is 2.64. The Morgan fingerprint density at radius 2 is 2.27 bits per heavy atom. The molecule has 1 aliphatic rings. The van der Waals surface area contributed by atoms with Gasteiger partial charge in [-0.25, -0.2) is 4.98 Å². The van der Waals surface area contributed by atoms with Crippen LogP contribution in [0.5, 0.6) is 0 Å². The van der Waals surface area contributed by atoms with Gasteiger partial charge >= 0.3 is 0 Å². The minimum absolute atomic E-state index is 0.0266. The highest BCUT2D eigenvalue weighted by atomic mass is 35.5. The smallest absolute Gasteiger partial charge is 0.169 e. The van der Waals surface area contributed by atoms with E-state index in [4.69, 9.17) is 11.6 Å². The largest absolute Gasteiger partial charge is 0.381 e. The number of fused-ring (bicyclic) bond motifs is 3. The lowest BCUT2D eigenvalue weighted by Crippen LogP contribution is -2.13. The van der Waals surface area contributed by atoms with E-state index < -0.39 is 6.10 Å². The number of nitrogens with zero attached hydrogens (tertiary/aromatic N) is 2. The van der Waals surface area contributed by atoms with Crippen LogP contribution in [-0.2, 0) is 6.42 Å². The molecule has 1 aromatic heterocycles. The Morgan fingerprint density at radius 1 is 1.50 bits per heavy atom. The number of carbonyl (C=O) groups is 1. The van der Waals surface area contributed by atoms with Gasteiger partial charge < -0.3 is 9.67 Å². The van der Waals surface area contributed by atoms with E-state index in [1.165, 1.54) is 0 Å². The van der Waals surface area contributed by atoms with E-state index in [1.54, 1.807) is 19.3 Å². The van der Waals surface area contributed by atoms with Crippen LogP contribution in [-0.4, -0.2) is 26.5 Å². The number of benzene rings is 1. The van der Waals surface area contributed by atoms with Crippen LogP contribution >= 0.6 is 11.6 Å². The molecule has 0 saturated carbocycles. The molecule has 22 heavy (non-hydrogen) atoms. The van der Waals surface area contributed by atoms with Crippen LogP contribution in [0.1, 0.15) is 35.6 Å². The van der Waals surface area contributed by atoms with Gasteiger partial charge in [0.25, 0.3) is 0 Å². The molecule has 2 atom stereocenters. The Labute approximate surface area is 133 Å². The van der Waals surface area contributed by atoms with Crippen molar-refractivity contribution in [3.8, 4) is 17.5 Å². The van der Waals surface area contributed by atoms with Crippen molar-refractivity contribution in [3.05, 3.63) is 46.5 Å². The first kappa shape index (κ1) is 14.8. The van der Waals surface area contributed by atoms with Crippen molar-refractivity contribution < 1.29 is 9.90 Å². The quantitative estimate of drug-likeness (QED) is 0.761. The molecule has 0 amide bonds. The van der Waals surface area contributed by atoms with Gasteiger partial charge in [-0.1, -0.05) is 30.5 Å². The Morgan fingerprint density at radius 3 is 3.00 bits per heavy atom. The zero-order valence-corrected chi connectivity index (χ0v) is 13.1. The lowest BCUT2D eigenvalue weighted by atomic mass is 9.95. The number of aliphatic hydroxyl groups excluding tert-OH is 1. The summed E-state index contributed by atoms with van der Waals surface area (Å²) in [6.45, 7) is 3.48. The monoisotopic (exact) mass is 314 g/mol. The third-order valence-electron chi connectivity index (χ3n) is 3.71. The maximum absolute atomic E-state index is 12.6. The molecule has 5 heteroatoms. The van der Waals surface area contributed by atoms with E-state index in [-0.39, 0.29) is 11.7 Å². The number of carbonyl (C=O) groups excluding carboxylic acids is 1. The summed E-state index contributed by atoms with van der Waals surface area (Å²) < 4.78 is 1.87. The van der Waals surface area contributed by atoms with Crippen LogP contribution in [0.2, 0.25) is 5.02 Å². The molecule has 1 aromatic carbocycles. The Balaban J connectivity index is 2.23. The molecule has 3 rings (SSSR count). The van der Waals surface area contributed by atoms with Gasteiger partial charge in [0.1, 0.15) is 18.1 Å². The van der Waals surface area contributed by atoms with Crippen LogP contribution in [0.15, 0.2) is 24.5 Å². The molecule has 2 unspecified atom stereocenters. The van der Waals surface area contributed by atoms with Crippen molar-refractivity contribution in [2.24, 2.45) is 5.92 Å². The van der Waals surface area contributed by atoms with Crippen LogP contribution in [0.3, 0.4) is 0 Å². The maximum Gasteiger partial charge on any atom is 0.169 e. The standard InChI is InChI=1S/C17H15ClN2O2/c1-10-8-15-13(7-6-11(2)21)19-9-20(15)14-5-3-4-12(18)16(14)17(10)22/h3-5,9-11,21H,8H2,1-2H3. The first-order chi connectivity index (χ1) is 10.5. The second-order valence-electron chi connectivity index (χ2n) is 5.46. The third-order valence-corrected chi connectivity index (χ3v) is 4.03. The van der Waals surface area contributed by atoms with Gasteiger partial charge in [0, 0.05) is 12.3 Å². The highest BCUT2D eigenvalue weighted by Gasteiger charge is 2.29. The summed E-state index contributed by atoms with van der Waals surface area (Å²) >= 11 is 6.24. The zero-order chi connectivity index (χ0) is 15.9. The summed E-state index contributed by atoms with van der Waals surface area (Å²) in [5.41, 5.74) is 2.72. The Kier molecular flexibility index (Phi) is 3.78. The summed E-state index contributed by atoms with van der Waals surface area (Å²) in [7, 11) is 0. The number of Topliss-reactive ketones (excluding diaryl/α,β-unsaturated/α-hetero) is 1. The first-order valence-corrected chi connectivity index (χ1v) is 7.45. The number of ketones is 1. The average molecular weight is 315 g/mol. The van der Waals surface area contributed by atoms with Crippen LogP contribution in [0, 0.1) is 17.8 Å². The Bertz CT molecular complexity index is 812. The fraction of sp³-hybridized carbons (Fsp3) is 0.294. The molecular formula is C17H15ClN2O2. The van der Waals surface area contributed by atoms with Gasteiger partial charge in [0.2, 0.25) is 0 Å². The molecule has 1 aliphatic heterocycles. The van der Waals surface area contributed by atoms with Crippen molar-refractivity contribution in [2.75, 3.05) is 0 Å². The maximum atomic E-state index is 12.6. The number of halogens is 1. The molecule has 0 saturated heterocycles. The van der Waals surface area contributed by atoms with E-state index in [2.05, 4.69) is 16.8 Å². The molecule has 2 heterocycles. The normalized spacial score (nSPS) is 17.8. The molecular weight excluding hydrogens is 300 g/mol. The molecule has 1 N–H and O–H groups in total. The number of aliphatic hydroxyl groups is 1. The van der Waals surface area contributed by atoms with E-state index in [9.17, 15) is 9.90 Å². The summed E-state index contributed by atoms with van der Waals surface area (Å²) in [5, 5.41) is 9.77. The van der Waals surface area contributed by atoms with Crippen molar-refractivity contribution in [1.29, 1.82) is 0 Å². The molecule has 0 spiro atoms. The second kappa shape index (κ2) is 5.60. The summed E-state index contributed by atoms with van der Waals surface area (Å²) in [6.07, 6.45) is 1.47. The van der Waals surface area contributed by atoms with Gasteiger partial charge in [-0.15, -0.1) is 0 Å². The van der Waals surface area contributed by atoms with Gasteiger partial charge in [0.05, 0.1) is 22.0 Å². The van der Waals surface area contributed by atoms with Gasteiger partial charge in [-0.2, -0.15) is 0 Å².